The molecule has 0 saturated heterocycles. The van der Waals surface area contributed by atoms with Gasteiger partial charge in [-0.25, -0.2) is 0 Å². The SMILES string of the molecule is O=C(CCCc1ccccc1)Nc1ccc(-c2ccc3nnc(-c4ccncc4)n3n2)cc1. The molecule has 0 aliphatic rings. The lowest BCUT2D eigenvalue weighted by Gasteiger charge is -2.07. The number of hydrogen-bond donors (Lipinski definition) is 1. The predicted octanol–water partition coefficient (Wildman–Crippen LogP) is 4.81. The molecule has 1 N–H and O–H groups in total. The van der Waals surface area contributed by atoms with Crippen molar-refractivity contribution in [1.29, 1.82) is 0 Å². The van der Waals surface area contributed by atoms with Gasteiger partial charge in [0.25, 0.3) is 0 Å². The molecule has 162 valence electrons. The van der Waals surface area contributed by atoms with Crippen molar-refractivity contribution < 1.29 is 4.79 Å². The maximum atomic E-state index is 12.3. The Morgan fingerprint density at radius 1 is 0.818 bits per heavy atom. The third-order valence-corrected chi connectivity index (χ3v) is 5.38. The fraction of sp³-hybridized carbons (Fsp3) is 0.115. The molecule has 5 rings (SSSR count). The van der Waals surface area contributed by atoms with Crippen molar-refractivity contribution in [1.82, 2.24) is 24.8 Å². The number of benzene rings is 2. The lowest BCUT2D eigenvalue weighted by molar-refractivity contribution is -0.116. The minimum Gasteiger partial charge on any atom is -0.326 e. The first kappa shape index (κ1) is 20.5. The van der Waals surface area contributed by atoms with Crippen molar-refractivity contribution >= 4 is 17.2 Å². The second-order valence-electron chi connectivity index (χ2n) is 7.71. The summed E-state index contributed by atoms with van der Waals surface area (Å²) in [6, 6.07) is 25.5. The number of rotatable bonds is 7. The lowest BCUT2D eigenvalue weighted by atomic mass is 10.1. The molecular weight excluding hydrogens is 412 g/mol. The number of amides is 1. The molecule has 0 spiro atoms. The minimum absolute atomic E-state index is 0.0182. The number of fused-ring (bicyclic) bond motifs is 1. The number of hydrogen-bond acceptors (Lipinski definition) is 5. The zero-order valence-corrected chi connectivity index (χ0v) is 17.9. The molecular formula is C26H22N6O. The van der Waals surface area contributed by atoms with Gasteiger partial charge in [-0.2, -0.15) is 9.61 Å². The van der Waals surface area contributed by atoms with Crippen LogP contribution in [0.15, 0.2) is 91.3 Å². The molecule has 0 aliphatic heterocycles. The maximum absolute atomic E-state index is 12.3. The average Bonchev–Trinajstić information content (AvgIpc) is 3.29. The maximum Gasteiger partial charge on any atom is 0.224 e. The molecule has 0 unspecified atom stereocenters. The number of carbonyl (C=O) groups excluding carboxylic acids is 1. The van der Waals surface area contributed by atoms with Gasteiger partial charge in [0.05, 0.1) is 5.69 Å². The molecule has 1 amide bonds. The summed E-state index contributed by atoms with van der Waals surface area (Å²) in [5.41, 5.74) is 5.31. The molecule has 0 atom stereocenters. The van der Waals surface area contributed by atoms with E-state index in [1.165, 1.54) is 5.56 Å². The van der Waals surface area contributed by atoms with Crippen LogP contribution in [0.4, 0.5) is 5.69 Å². The van der Waals surface area contributed by atoms with E-state index in [2.05, 4.69) is 32.6 Å². The molecule has 33 heavy (non-hydrogen) atoms. The number of anilines is 1. The number of nitrogens with zero attached hydrogens (tertiary/aromatic N) is 5. The van der Waals surface area contributed by atoms with Gasteiger partial charge in [-0.05, 0) is 54.8 Å². The Morgan fingerprint density at radius 2 is 1.61 bits per heavy atom. The van der Waals surface area contributed by atoms with Crippen LogP contribution in [0.2, 0.25) is 0 Å². The van der Waals surface area contributed by atoms with Crippen molar-refractivity contribution in [2.45, 2.75) is 19.3 Å². The number of nitrogens with one attached hydrogen (secondary N) is 1. The van der Waals surface area contributed by atoms with Gasteiger partial charge in [0.15, 0.2) is 11.5 Å². The van der Waals surface area contributed by atoms with Gasteiger partial charge >= 0.3 is 0 Å². The summed E-state index contributed by atoms with van der Waals surface area (Å²) < 4.78 is 1.73. The summed E-state index contributed by atoms with van der Waals surface area (Å²) in [5, 5.41) is 16.2. The van der Waals surface area contributed by atoms with E-state index < -0.39 is 0 Å². The Hall–Kier alpha value is -4.39. The fourth-order valence-electron chi connectivity index (χ4n) is 3.67. The lowest BCUT2D eigenvalue weighted by Crippen LogP contribution is -2.11. The Morgan fingerprint density at radius 3 is 2.39 bits per heavy atom. The summed E-state index contributed by atoms with van der Waals surface area (Å²) in [6.07, 6.45) is 5.63. The van der Waals surface area contributed by atoms with Gasteiger partial charge in [-0.1, -0.05) is 42.5 Å². The number of pyridine rings is 1. The van der Waals surface area contributed by atoms with Crippen molar-refractivity contribution in [3.8, 4) is 22.6 Å². The van der Waals surface area contributed by atoms with Crippen LogP contribution in [0.1, 0.15) is 18.4 Å². The highest BCUT2D eigenvalue weighted by molar-refractivity contribution is 5.90. The number of carbonyl (C=O) groups is 1. The number of aryl methyl sites for hydroxylation is 1. The first-order valence-corrected chi connectivity index (χ1v) is 10.8. The molecule has 2 aromatic carbocycles. The van der Waals surface area contributed by atoms with Gasteiger partial charge in [-0.15, -0.1) is 10.2 Å². The second-order valence-corrected chi connectivity index (χ2v) is 7.71. The monoisotopic (exact) mass is 434 g/mol. The molecule has 7 nitrogen and oxygen atoms in total. The third-order valence-electron chi connectivity index (χ3n) is 5.38. The van der Waals surface area contributed by atoms with Crippen LogP contribution in [0, 0.1) is 0 Å². The fourth-order valence-corrected chi connectivity index (χ4v) is 3.67. The van der Waals surface area contributed by atoms with E-state index in [9.17, 15) is 4.79 Å². The van der Waals surface area contributed by atoms with Crippen molar-refractivity contribution in [2.75, 3.05) is 5.32 Å². The van der Waals surface area contributed by atoms with E-state index in [1.54, 1.807) is 16.9 Å². The Kier molecular flexibility index (Phi) is 5.84. The Labute approximate surface area is 191 Å². The van der Waals surface area contributed by atoms with Crippen LogP contribution < -0.4 is 5.32 Å². The highest BCUT2D eigenvalue weighted by Crippen LogP contribution is 2.22. The van der Waals surface area contributed by atoms with Crippen molar-refractivity contribution in [3.63, 3.8) is 0 Å². The molecule has 0 radical (unpaired) electrons. The second kappa shape index (κ2) is 9.40. The van der Waals surface area contributed by atoms with Crippen LogP contribution in [0.3, 0.4) is 0 Å². The first-order chi connectivity index (χ1) is 16.3. The van der Waals surface area contributed by atoms with Gasteiger partial charge in [0.1, 0.15) is 0 Å². The third kappa shape index (κ3) is 4.77. The zero-order chi connectivity index (χ0) is 22.5. The van der Waals surface area contributed by atoms with Gasteiger partial charge in [-0.3, -0.25) is 9.78 Å². The molecule has 3 aromatic heterocycles. The van der Waals surface area contributed by atoms with E-state index in [4.69, 9.17) is 5.10 Å². The van der Waals surface area contributed by atoms with E-state index in [0.29, 0.717) is 17.9 Å². The molecule has 7 heteroatoms. The zero-order valence-electron chi connectivity index (χ0n) is 17.9. The van der Waals surface area contributed by atoms with E-state index in [-0.39, 0.29) is 5.91 Å². The predicted molar refractivity (Wildman–Crippen MR) is 127 cm³/mol. The molecule has 5 aromatic rings. The van der Waals surface area contributed by atoms with Crippen LogP contribution in [0.25, 0.3) is 28.3 Å². The van der Waals surface area contributed by atoms with Crippen LogP contribution in [-0.4, -0.2) is 30.7 Å². The van der Waals surface area contributed by atoms with Crippen molar-refractivity contribution in [3.05, 3.63) is 96.8 Å². The van der Waals surface area contributed by atoms with Gasteiger partial charge in [0, 0.05) is 35.6 Å². The summed E-state index contributed by atoms with van der Waals surface area (Å²) in [4.78, 5) is 16.4. The van der Waals surface area contributed by atoms with E-state index in [0.717, 1.165) is 35.3 Å². The van der Waals surface area contributed by atoms with Crippen LogP contribution in [0.5, 0.6) is 0 Å². The standard InChI is InChI=1S/C26H22N6O/c33-25(8-4-7-19-5-2-1-3-6-19)28-22-11-9-20(10-12-22)23-13-14-24-29-30-26(32(24)31-23)21-15-17-27-18-16-21/h1-3,5-6,9-18H,4,7-8H2,(H,28,33). The largest absolute Gasteiger partial charge is 0.326 e. The highest BCUT2D eigenvalue weighted by Gasteiger charge is 2.11. The summed E-state index contributed by atoms with van der Waals surface area (Å²) in [5.74, 6) is 0.679. The Balaban J connectivity index is 1.26. The highest BCUT2D eigenvalue weighted by atomic mass is 16.1. The topological polar surface area (TPSA) is 85.1 Å². The van der Waals surface area contributed by atoms with Crippen molar-refractivity contribution in [2.24, 2.45) is 0 Å². The minimum atomic E-state index is 0.0182. The number of aromatic nitrogens is 5. The summed E-state index contributed by atoms with van der Waals surface area (Å²) in [6.45, 7) is 0. The molecule has 3 heterocycles. The molecule has 0 saturated carbocycles. The molecule has 0 fully saturated rings. The van der Waals surface area contributed by atoms with Gasteiger partial charge in [0.2, 0.25) is 5.91 Å². The average molecular weight is 435 g/mol. The van der Waals surface area contributed by atoms with Gasteiger partial charge < -0.3 is 5.32 Å². The first-order valence-electron chi connectivity index (χ1n) is 10.8. The van der Waals surface area contributed by atoms with E-state index in [1.807, 2.05) is 66.7 Å². The summed E-state index contributed by atoms with van der Waals surface area (Å²) in [7, 11) is 0. The quantitative estimate of drug-likeness (QED) is 0.397. The van der Waals surface area contributed by atoms with Crippen LogP contribution in [-0.2, 0) is 11.2 Å². The van der Waals surface area contributed by atoms with E-state index >= 15 is 0 Å². The normalized spacial score (nSPS) is 10.9. The Bertz CT molecular complexity index is 1360. The molecule has 0 aliphatic carbocycles. The molecule has 0 bridgehead atoms. The summed E-state index contributed by atoms with van der Waals surface area (Å²) >= 11 is 0. The van der Waals surface area contributed by atoms with Crippen LogP contribution >= 0.6 is 0 Å². The smallest absolute Gasteiger partial charge is 0.224 e.